The molecule has 2 nitrogen and oxygen atoms in total. The largest absolute Gasteiger partial charge is 0.457 e. The van der Waals surface area contributed by atoms with Crippen LogP contribution in [0.25, 0.3) is 0 Å². The molecule has 0 heterocycles. The van der Waals surface area contributed by atoms with E-state index in [1.54, 1.807) is 0 Å². The zero-order valence-electron chi connectivity index (χ0n) is 10.6. The van der Waals surface area contributed by atoms with E-state index in [0.717, 1.165) is 29.1 Å². The van der Waals surface area contributed by atoms with E-state index in [1.165, 1.54) is 18.4 Å². The quantitative estimate of drug-likeness (QED) is 0.873. The minimum absolute atomic E-state index is 0.717. The van der Waals surface area contributed by atoms with E-state index in [4.69, 9.17) is 16.3 Å². The van der Waals surface area contributed by atoms with Crippen molar-refractivity contribution in [1.82, 2.24) is 5.32 Å². The van der Waals surface area contributed by atoms with Gasteiger partial charge in [0.1, 0.15) is 11.5 Å². The van der Waals surface area contributed by atoms with Crippen molar-refractivity contribution in [2.75, 3.05) is 0 Å². The first-order valence-electron chi connectivity index (χ1n) is 6.55. The fourth-order valence-corrected chi connectivity index (χ4v) is 2.03. The Morgan fingerprint density at radius 1 is 1.05 bits per heavy atom. The molecular weight excluding hydrogens is 258 g/mol. The summed E-state index contributed by atoms with van der Waals surface area (Å²) >= 11 is 5.85. The van der Waals surface area contributed by atoms with Crippen molar-refractivity contribution in [2.24, 2.45) is 0 Å². The van der Waals surface area contributed by atoms with E-state index in [0.29, 0.717) is 0 Å². The molecule has 1 N–H and O–H groups in total. The van der Waals surface area contributed by atoms with Gasteiger partial charge in [0, 0.05) is 17.6 Å². The lowest BCUT2D eigenvalue weighted by Crippen LogP contribution is -2.15. The molecule has 3 rings (SSSR count). The molecule has 0 amide bonds. The Morgan fingerprint density at radius 3 is 2.58 bits per heavy atom. The van der Waals surface area contributed by atoms with Gasteiger partial charge in [-0.15, -0.1) is 0 Å². The van der Waals surface area contributed by atoms with Gasteiger partial charge in [-0.05, 0) is 54.8 Å². The van der Waals surface area contributed by atoms with Gasteiger partial charge < -0.3 is 10.1 Å². The molecule has 1 fully saturated rings. The zero-order chi connectivity index (χ0) is 13.1. The van der Waals surface area contributed by atoms with E-state index in [9.17, 15) is 0 Å². The molecule has 19 heavy (non-hydrogen) atoms. The van der Waals surface area contributed by atoms with Crippen LogP contribution in [-0.2, 0) is 6.54 Å². The smallest absolute Gasteiger partial charge is 0.127 e. The van der Waals surface area contributed by atoms with Gasteiger partial charge in [0.15, 0.2) is 0 Å². The molecule has 2 aromatic rings. The van der Waals surface area contributed by atoms with Crippen molar-refractivity contribution >= 4 is 11.6 Å². The highest BCUT2D eigenvalue weighted by molar-refractivity contribution is 6.30. The van der Waals surface area contributed by atoms with Crippen LogP contribution in [0.5, 0.6) is 11.5 Å². The van der Waals surface area contributed by atoms with Crippen LogP contribution in [0.4, 0.5) is 0 Å². The molecule has 3 heteroatoms. The molecular formula is C16H16ClNO. The van der Waals surface area contributed by atoms with Crippen LogP contribution in [0.1, 0.15) is 18.4 Å². The van der Waals surface area contributed by atoms with E-state index in [1.807, 2.05) is 36.4 Å². The van der Waals surface area contributed by atoms with Gasteiger partial charge in [0.25, 0.3) is 0 Å². The molecule has 0 saturated heterocycles. The van der Waals surface area contributed by atoms with E-state index >= 15 is 0 Å². The fraction of sp³-hybridized carbons (Fsp3) is 0.250. The fourth-order valence-electron chi connectivity index (χ4n) is 1.91. The molecule has 0 atom stereocenters. The predicted octanol–water partition coefficient (Wildman–Crippen LogP) is 4.38. The molecule has 0 aromatic heterocycles. The summed E-state index contributed by atoms with van der Waals surface area (Å²) in [4.78, 5) is 0. The lowest BCUT2D eigenvalue weighted by molar-refractivity contribution is 0.481. The van der Waals surface area contributed by atoms with Crippen LogP contribution in [0.3, 0.4) is 0 Å². The van der Waals surface area contributed by atoms with E-state index in [2.05, 4.69) is 17.4 Å². The first-order chi connectivity index (χ1) is 9.29. The number of hydrogen-bond donors (Lipinski definition) is 1. The first-order valence-corrected chi connectivity index (χ1v) is 6.93. The molecule has 1 saturated carbocycles. The summed E-state index contributed by atoms with van der Waals surface area (Å²) in [5.74, 6) is 1.66. The normalized spacial score (nSPS) is 14.4. The Morgan fingerprint density at radius 2 is 1.84 bits per heavy atom. The van der Waals surface area contributed by atoms with Gasteiger partial charge >= 0.3 is 0 Å². The average molecular weight is 274 g/mol. The topological polar surface area (TPSA) is 21.3 Å². The number of hydrogen-bond acceptors (Lipinski definition) is 2. The van der Waals surface area contributed by atoms with Gasteiger partial charge in [0.2, 0.25) is 0 Å². The number of halogens is 1. The number of nitrogens with one attached hydrogen (secondary N) is 1. The number of benzene rings is 2. The van der Waals surface area contributed by atoms with Gasteiger partial charge in [0.05, 0.1) is 0 Å². The molecule has 1 aliphatic carbocycles. The third kappa shape index (κ3) is 3.72. The lowest BCUT2D eigenvalue weighted by atomic mass is 10.2. The van der Waals surface area contributed by atoms with E-state index < -0.39 is 0 Å². The number of rotatable bonds is 5. The SMILES string of the molecule is Clc1ccc(Oc2cccc(CNC3CC3)c2)cc1. The van der Waals surface area contributed by atoms with Gasteiger partial charge in [-0.2, -0.15) is 0 Å². The standard InChI is InChI=1S/C16H16ClNO/c17-13-4-8-15(9-5-13)19-16-3-1-2-12(10-16)11-18-14-6-7-14/h1-5,8-10,14,18H,6-7,11H2. The van der Waals surface area contributed by atoms with Crippen molar-refractivity contribution in [3.8, 4) is 11.5 Å². The first kappa shape index (κ1) is 12.5. The number of ether oxygens (including phenoxy) is 1. The van der Waals surface area contributed by atoms with Gasteiger partial charge in [-0.1, -0.05) is 23.7 Å². The van der Waals surface area contributed by atoms with Crippen molar-refractivity contribution in [3.05, 3.63) is 59.1 Å². The lowest BCUT2D eigenvalue weighted by Gasteiger charge is -2.08. The summed E-state index contributed by atoms with van der Waals surface area (Å²) in [6.07, 6.45) is 2.61. The minimum atomic E-state index is 0.717. The Kier molecular flexibility index (Phi) is 3.72. The molecule has 1 aliphatic rings. The summed E-state index contributed by atoms with van der Waals surface area (Å²) < 4.78 is 5.81. The van der Waals surface area contributed by atoms with Gasteiger partial charge in [-0.25, -0.2) is 0 Å². The highest BCUT2D eigenvalue weighted by Crippen LogP contribution is 2.24. The molecule has 0 unspecified atom stereocenters. The minimum Gasteiger partial charge on any atom is -0.457 e. The maximum Gasteiger partial charge on any atom is 0.127 e. The predicted molar refractivity (Wildman–Crippen MR) is 77.8 cm³/mol. The molecule has 2 aromatic carbocycles. The molecule has 0 radical (unpaired) electrons. The van der Waals surface area contributed by atoms with Crippen LogP contribution in [-0.4, -0.2) is 6.04 Å². The van der Waals surface area contributed by atoms with Crippen molar-refractivity contribution in [2.45, 2.75) is 25.4 Å². The Balaban J connectivity index is 1.66. The van der Waals surface area contributed by atoms with Crippen molar-refractivity contribution < 1.29 is 4.74 Å². The maximum atomic E-state index is 5.85. The highest BCUT2D eigenvalue weighted by Gasteiger charge is 2.19. The van der Waals surface area contributed by atoms with Crippen molar-refractivity contribution in [3.63, 3.8) is 0 Å². The van der Waals surface area contributed by atoms with Crippen LogP contribution in [0.2, 0.25) is 5.02 Å². The van der Waals surface area contributed by atoms with Crippen molar-refractivity contribution in [1.29, 1.82) is 0 Å². The van der Waals surface area contributed by atoms with Crippen LogP contribution in [0.15, 0.2) is 48.5 Å². The summed E-state index contributed by atoms with van der Waals surface area (Å²) in [5.41, 5.74) is 1.25. The molecule has 0 aliphatic heterocycles. The Labute approximate surface area is 118 Å². The van der Waals surface area contributed by atoms with Crippen LogP contribution in [0, 0.1) is 0 Å². The molecule has 0 bridgehead atoms. The molecule has 98 valence electrons. The average Bonchev–Trinajstić information content (AvgIpc) is 3.24. The highest BCUT2D eigenvalue weighted by atomic mass is 35.5. The second-order valence-electron chi connectivity index (χ2n) is 4.86. The third-order valence-corrected chi connectivity index (χ3v) is 3.37. The summed E-state index contributed by atoms with van der Waals surface area (Å²) in [6.45, 7) is 0.905. The third-order valence-electron chi connectivity index (χ3n) is 3.12. The van der Waals surface area contributed by atoms with Crippen LogP contribution >= 0.6 is 11.6 Å². The van der Waals surface area contributed by atoms with E-state index in [-0.39, 0.29) is 0 Å². The maximum absolute atomic E-state index is 5.85. The second-order valence-corrected chi connectivity index (χ2v) is 5.29. The monoisotopic (exact) mass is 273 g/mol. The van der Waals surface area contributed by atoms with Gasteiger partial charge in [-0.3, -0.25) is 0 Å². The summed E-state index contributed by atoms with van der Waals surface area (Å²) in [6, 6.07) is 16.3. The Bertz CT molecular complexity index is 549. The second kappa shape index (κ2) is 5.64. The Hall–Kier alpha value is -1.51. The zero-order valence-corrected chi connectivity index (χ0v) is 11.4. The summed E-state index contributed by atoms with van der Waals surface area (Å²) in [5, 5.41) is 4.22. The molecule has 0 spiro atoms. The summed E-state index contributed by atoms with van der Waals surface area (Å²) in [7, 11) is 0. The van der Waals surface area contributed by atoms with Crippen LogP contribution < -0.4 is 10.1 Å².